The summed E-state index contributed by atoms with van der Waals surface area (Å²) in [5.41, 5.74) is -2.25. The fraction of sp³-hybridized carbons (Fsp3) is 0.429. The van der Waals surface area contributed by atoms with Crippen LogP contribution in [-0.4, -0.2) is 46.4 Å². The summed E-state index contributed by atoms with van der Waals surface area (Å²) in [6, 6.07) is 0. The van der Waals surface area contributed by atoms with Gasteiger partial charge < -0.3 is 24.4 Å². The van der Waals surface area contributed by atoms with E-state index >= 15 is 0 Å². The predicted molar refractivity (Wildman–Crippen MR) is 102 cm³/mol. The molecule has 1 heterocycles. The van der Waals surface area contributed by atoms with E-state index < -0.39 is 58.0 Å². The van der Waals surface area contributed by atoms with E-state index in [0.29, 0.717) is 0 Å². The molecule has 1 aromatic carbocycles. The summed E-state index contributed by atoms with van der Waals surface area (Å²) in [7, 11) is 1.25. The summed E-state index contributed by atoms with van der Waals surface area (Å²) >= 11 is 0. The number of phenolic OH excluding ortho intramolecular Hbond substituents is 1. The van der Waals surface area contributed by atoms with Gasteiger partial charge in [0.05, 0.1) is 17.6 Å². The van der Waals surface area contributed by atoms with E-state index in [9.17, 15) is 29.4 Å². The summed E-state index contributed by atoms with van der Waals surface area (Å²) < 4.78 is 16.8. The van der Waals surface area contributed by atoms with Gasteiger partial charge in [0, 0.05) is 19.6 Å². The Morgan fingerprint density at radius 1 is 1.10 bits per heavy atom. The van der Waals surface area contributed by atoms with E-state index in [1.54, 1.807) is 0 Å². The highest BCUT2D eigenvalue weighted by Gasteiger charge is 2.68. The summed E-state index contributed by atoms with van der Waals surface area (Å²) in [5.74, 6) is -5.91. The number of benzene rings is 1. The summed E-state index contributed by atoms with van der Waals surface area (Å²) in [4.78, 5) is 48.9. The highest BCUT2D eigenvalue weighted by atomic mass is 16.7. The van der Waals surface area contributed by atoms with Crippen molar-refractivity contribution in [1.82, 2.24) is 0 Å². The smallest absolute Gasteiger partial charge is 0.308 e. The maximum Gasteiger partial charge on any atom is 0.308 e. The fourth-order valence-corrected chi connectivity index (χ4v) is 4.30. The second-order valence-electron chi connectivity index (χ2n) is 7.60. The molecule has 0 saturated carbocycles. The Hall–Kier alpha value is -3.20. The second-order valence-corrected chi connectivity index (χ2v) is 7.60. The van der Waals surface area contributed by atoms with Crippen LogP contribution in [-0.2, 0) is 24.5 Å². The summed E-state index contributed by atoms with van der Waals surface area (Å²) in [6.45, 7) is 6.37. The number of carbonyl (C=O) groups excluding carboxylic acids is 4. The second kappa shape index (κ2) is 6.66. The molecule has 9 heteroatoms. The first-order valence-corrected chi connectivity index (χ1v) is 9.15. The number of hydrogen-bond donors (Lipinski definition) is 2. The number of Topliss-reactive ketones (excluding diaryl/α,β-unsaturated/α-hetero) is 3. The number of esters is 1. The molecule has 1 aromatic rings. The molecule has 1 aliphatic heterocycles. The third-order valence-electron chi connectivity index (χ3n) is 5.80. The van der Waals surface area contributed by atoms with Crippen LogP contribution in [0.25, 0.3) is 0 Å². The van der Waals surface area contributed by atoms with Gasteiger partial charge in [0.15, 0.2) is 17.3 Å². The molecule has 0 amide bonds. The third-order valence-corrected chi connectivity index (χ3v) is 5.80. The van der Waals surface area contributed by atoms with Gasteiger partial charge >= 0.3 is 5.97 Å². The van der Waals surface area contributed by atoms with Crippen molar-refractivity contribution in [3.8, 4) is 17.2 Å². The van der Waals surface area contributed by atoms with E-state index in [1.807, 2.05) is 0 Å². The third kappa shape index (κ3) is 2.51. The average Bonchev–Trinajstić information content (AvgIpc) is 2.88. The lowest BCUT2D eigenvalue weighted by Crippen LogP contribution is -2.57. The van der Waals surface area contributed by atoms with E-state index in [-0.39, 0.29) is 28.2 Å². The molecule has 2 N–H and O–H groups in total. The molecular formula is C21H22O9. The number of aliphatic hydroxyl groups is 1. The van der Waals surface area contributed by atoms with Crippen molar-refractivity contribution in [2.45, 2.75) is 52.2 Å². The first-order chi connectivity index (χ1) is 13.8. The minimum Gasteiger partial charge on any atom is -0.510 e. The SMILES string of the molecule is CO[C@]12CC(=O)C(C(C)=O)=C(O)[C@]1(C)c1c(OC(C)=O)c(C)c(O)c(C(C)=O)c1O2. The van der Waals surface area contributed by atoms with Gasteiger partial charge in [-0.1, -0.05) is 0 Å². The summed E-state index contributed by atoms with van der Waals surface area (Å²) in [5, 5.41) is 21.8. The Morgan fingerprint density at radius 2 is 1.70 bits per heavy atom. The maximum atomic E-state index is 12.7. The number of carbonyl (C=O) groups is 4. The minimum atomic E-state index is -1.84. The lowest BCUT2D eigenvalue weighted by atomic mass is 9.66. The van der Waals surface area contributed by atoms with Crippen LogP contribution in [0.2, 0.25) is 0 Å². The average molecular weight is 418 g/mol. The van der Waals surface area contributed by atoms with Crippen LogP contribution in [0.5, 0.6) is 17.2 Å². The van der Waals surface area contributed by atoms with Crippen LogP contribution in [0.3, 0.4) is 0 Å². The Labute approximate surface area is 172 Å². The first-order valence-electron chi connectivity index (χ1n) is 9.15. The molecule has 0 fully saturated rings. The quantitative estimate of drug-likeness (QED) is 0.326. The Balaban J connectivity index is 2.56. The highest BCUT2D eigenvalue weighted by Crippen LogP contribution is 2.63. The van der Waals surface area contributed by atoms with Crippen LogP contribution < -0.4 is 9.47 Å². The van der Waals surface area contributed by atoms with E-state index in [0.717, 1.165) is 13.8 Å². The molecule has 0 saturated heterocycles. The van der Waals surface area contributed by atoms with Crippen LogP contribution >= 0.6 is 0 Å². The molecule has 0 unspecified atom stereocenters. The van der Waals surface area contributed by atoms with Crippen molar-refractivity contribution in [3.05, 3.63) is 28.0 Å². The monoisotopic (exact) mass is 418 g/mol. The molecule has 2 aliphatic rings. The lowest BCUT2D eigenvalue weighted by molar-refractivity contribution is -0.199. The number of ether oxygens (including phenoxy) is 3. The first kappa shape index (κ1) is 21.5. The molecule has 0 aromatic heterocycles. The van der Waals surface area contributed by atoms with Gasteiger partial charge in [0.25, 0.3) is 0 Å². The van der Waals surface area contributed by atoms with Crippen LogP contribution in [0.4, 0.5) is 0 Å². The maximum absolute atomic E-state index is 12.7. The van der Waals surface area contributed by atoms with Crippen molar-refractivity contribution in [1.29, 1.82) is 0 Å². The van der Waals surface area contributed by atoms with E-state index in [1.165, 1.54) is 27.9 Å². The Morgan fingerprint density at radius 3 is 2.17 bits per heavy atom. The fourth-order valence-electron chi connectivity index (χ4n) is 4.30. The van der Waals surface area contributed by atoms with Crippen molar-refractivity contribution >= 4 is 23.3 Å². The van der Waals surface area contributed by atoms with Crippen molar-refractivity contribution in [3.63, 3.8) is 0 Å². The van der Waals surface area contributed by atoms with E-state index in [4.69, 9.17) is 14.2 Å². The number of methoxy groups -OCH3 is 1. The number of fused-ring (bicyclic) bond motifs is 3. The number of hydrogen-bond acceptors (Lipinski definition) is 9. The standard InChI is InChI=1S/C21H22O9/c1-8-16(26)14(10(3)23)18-15(17(8)29-11(4)24)20(5)19(27)13(9(2)22)12(25)7-21(20,28-6)30-18/h26-27H,7H2,1-6H3/t20-,21-/m0/s1. The van der Waals surface area contributed by atoms with Gasteiger partial charge in [-0.05, 0) is 27.7 Å². The Bertz CT molecular complexity index is 1060. The van der Waals surface area contributed by atoms with Crippen molar-refractivity contribution < 1.29 is 43.6 Å². The highest BCUT2D eigenvalue weighted by molar-refractivity contribution is 6.21. The molecule has 3 rings (SSSR count). The number of rotatable bonds is 4. The molecular weight excluding hydrogens is 396 g/mol. The molecule has 0 spiro atoms. The number of ketones is 3. The number of phenols is 1. The van der Waals surface area contributed by atoms with Crippen molar-refractivity contribution in [2.75, 3.05) is 7.11 Å². The topological polar surface area (TPSA) is 136 Å². The van der Waals surface area contributed by atoms with Gasteiger partial charge in [-0.2, -0.15) is 0 Å². The summed E-state index contributed by atoms with van der Waals surface area (Å²) in [6.07, 6.45) is -0.454. The molecule has 30 heavy (non-hydrogen) atoms. The number of allylic oxidation sites excluding steroid dienone is 1. The Kier molecular flexibility index (Phi) is 4.78. The predicted octanol–water partition coefficient (Wildman–Crippen LogP) is 2.20. The van der Waals surface area contributed by atoms with Gasteiger partial charge in [-0.15, -0.1) is 0 Å². The van der Waals surface area contributed by atoms with Gasteiger partial charge in [-0.25, -0.2) is 0 Å². The minimum absolute atomic E-state index is 0.0313. The largest absolute Gasteiger partial charge is 0.510 e. The number of aliphatic hydroxyl groups excluding tert-OH is 1. The number of aromatic hydroxyl groups is 1. The molecule has 9 nitrogen and oxygen atoms in total. The molecule has 1 aliphatic carbocycles. The molecule has 2 atom stereocenters. The zero-order chi connectivity index (χ0) is 22.8. The van der Waals surface area contributed by atoms with Gasteiger partial charge in [0.1, 0.15) is 34.0 Å². The normalized spacial score (nSPS) is 24.8. The van der Waals surface area contributed by atoms with E-state index in [2.05, 4.69) is 0 Å². The van der Waals surface area contributed by atoms with Crippen molar-refractivity contribution in [2.24, 2.45) is 0 Å². The molecule has 160 valence electrons. The molecule has 0 radical (unpaired) electrons. The zero-order valence-corrected chi connectivity index (χ0v) is 17.5. The molecule has 0 bridgehead atoms. The zero-order valence-electron chi connectivity index (χ0n) is 17.5. The van der Waals surface area contributed by atoms with Crippen LogP contribution in [0.1, 0.15) is 55.6 Å². The van der Waals surface area contributed by atoms with Crippen LogP contribution in [0.15, 0.2) is 11.3 Å². The van der Waals surface area contributed by atoms with Gasteiger partial charge in [0.2, 0.25) is 5.79 Å². The van der Waals surface area contributed by atoms with Gasteiger partial charge in [-0.3, -0.25) is 19.2 Å². The lowest BCUT2D eigenvalue weighted by Gasteiger charge is -2.43. The van der Waals surface area contributed by atoms with Crippen LogP contribution in [0, 0.1) is 6.92 Å².